The molecule has 0 N–H and O–H groups in total. The predicted molar refractivity (Wildman–Crippen MR) is 99.4 cm³/mol. The quantitative estimate of drug-likeness (QED) is 0.385. The zero-order valence-electron chi connectivity index (χ0n) is 16.8. The molecule has 0 bridgehead atoms. The van der Waals surface area contributed by atoms with Crippen molar-refractivity contribution in [3.63, 3.8) is 0 Å². The second-order valence-electron chi connectivity index (χ2n) is 9.50. The average molecular weight is 376 g/mol. The SMILES string of the molecule is CCOOC(=O)OC1=CC[C@@]2(C)C(CC[C@@H]3[C@@H]2CC[C@]2(C)C(=O)CC[C@@H]32)C1. The van der Waals surface area contributed by atoms with Gasteiger partial charge in [-0.2, -0.15) is 4.89 Å². The van der Waals surface area contributed by atoms with Crippen LogP contribution in [0.3, 0.4) is 0 Å². The fourth-order valence-electron chi connectivity index (χ4n) is 6.93. The molecule has 4 aliphatic carbocycles. The van der Waals surface area contributed by atoms with E-state index in [0.717, 1.165) is 50.7 Å². The van der Waals surface area contributed by atoms with Crippen LogP contribution in [0.4, 0.5) is 4.79 Å². The first kappa shape index (κ1) is 19.0. The minimum Gasteiger partial charge on any atom is -0.398 e. The predicted octanol–water partition coefficient (Wildman–Crippen LogP) is 5.20. The molecule has 0 aromatic heterocycles. The van der Waals surface area contributed by atoms with Gasteiger partial charge in [0.1, 0.15) is 11.5 Å². The Morgan fingerprint density at radius 1 is 1.19 bits per heavy atom. The van der Waals surface area contributed by atoms with E-state index in [1.165, 1.54) is 6.42 Å². The third-order valence-corrected chi connectivity index (χ3v) is 8.45. The van der Waals surface area contributed by atoms with Crippen LogP contribution >= 0.6 is 0 Å². The summed E-state index contributed by atoms with van der Waals surface area (Å²) in [6, 6.07) is 0. The van der Waals surface area contributed by atoms with Gasteiger partial charge < -0.3 is 4.74 Å². The lowest BCUT2D eigenvalue weighted by Gasteiger charge is -2.58. The second-order valence-corrected chi connectivity index (χ2v) is 9.50. The van der Waals surface area contributed by atoms with Crippen LogP contribution < -0.4 is 0 Å². The Labute approximate surface area is 161 Å². The smallest absolute Gasteiger partial charge is 0.398 e. The lowest BCUT2D eigenvalue weighted by Crippen LogP contribution is -2.52. The number of ether oxygens (including phenoxy) is 1. The Balaban J connectivity index is 1.48. The van der Waals surface area contributed by atoms with Crippen LogP contribution in [-0.2, 0) is 19.3 Å². The van der Waals surface area contributed by atoms with E-state index < -0.39 is 6.16 Å². The summed E-state index contributed by atoms with van der Waals surface area (Å²) in [4.78, 5) is 33.4. The molecule has 0 saturated heterocycles. The molecule has 150 valence electrons. The van der Waals surface area contributed by atoms with Crippen LogP contribution in [-0.4, -0.2) is 18.5 Å². The van der Waals surface area contributed by atoms with Gasteiger partial charge in [-0.3, -0.25) is 9.68 Å². The average Bonchev–Trinajstić information content (AvgIpc) is 2.95. The number of hydrogen-bond donors (Lipinski definition) is 0. The van der Waals surface area contributed by atoms with Crippen molar-refractivity contribution >= 4 is 11.9 Å². The van der Waals surface area contributed by atoms with Crippen LogP contribution in [0.1, 0.15) is 72.1 Å². The molecule has 0 aliphatic heterocycles. The van der Waals surface area contributed by atoms with Crippen molar-refractivity contribution in [1.82, 2.24) is 0 Å². The van der Waals surface area contributed by atoms with Crippen LogP contribution in [0, 0.1) is 34.5 Å². The number of carbonyl (C=O) groups excluding carboxylic acids is 2. The zero-order chi connectivity index (χ0) is 19.2. The van der Waals surface area contributed by atoms with E-state index in [4.69, 9.17) is 4.74 Å². The molecule has 27 heavy (non-hydrogen) atoms. The minimum absolute atomic E-state index is 0.0633. The van der Waals surface area contributed by atoms with Crippen molar-refractivity contribution in [3.05, 3.63) is 11.8 Å². The maximum atomic E-state index is 12.5. The molecule has 0 radical (unpaired) electrons. The molecule has 0 spiro atoms. The minimum atomic E-state index is -0.779. The van der Waals surface area contributed by atoms with Gasteiger partial charge in [-0.05, 0) is 80.6 Å². The topological polar surface area (TPSA) is 61.8 Å². The normalized spacial score (nSPS) is 43.2. The Bertz CT molecular complexity index is 655. The largest absolute Gasteiger partial charge is 0.545 e. The van der Waals surface area contributed by atoms with E-state index in [-0.39, 0.29) is 10.8 Å². The highest BCUT2D eigenvalue weighted by atomic mass is 17.2. The van der Waals surface area contributed by atoms with E-state index in [1.807, 2.05) is 0 Å². The van der Waals surface area contributed by atoms with Gasteiger partial charge in [0.2, 0.25) is 0 Å². The van der Waals surface area contributed by atoms with Gasteiger partial charge in [0.15, 0.2) is 0 Å². The molecular weight excluding hydrogens is 344 g/mol. The van der Waals surface area contributed by atoms with Crippen molar-refractivity contribution in [2.24, 2.45) is 34.5 Å². The third kappa shape index (κ3) is 3.02. The molecule has 4 rings (SSSR count). The molecule has 0 amide bonds. The molecule has 6 atom stereocenters. The summed E-state index contributed by atoms with van der Waals surface area (Å²) in [5.41, 5.74) is 0.179. The number of fused-ring (bicyclic) bond motifs is 5. The van der Waals surface area contributed by atoms with E-state index in [2.05, 4.69) is 29.7 Å². The van der Waals surface area contributed by atoms with Gasteiger partial charge >= 0.3 is 6.16 Å². The van der Waals surface area contributed by atoms with E-state index in [1.54, 1.807) is 6.92 Å². The Kier molecular flexibility index (Phi) is 4.86. The second kappa shape index (κ2) is 6.91. The van der Waals surface area contributed by atoms with E-state index in [9.17, 15) is 9.59 Å². The monoisotopic (exact) mass is 376 g/mol. The summed E-state index contributed by atoms with van der Waals surface area (Å²) in [6.45, 7) is 6.72. The van der Waals surface area contributed by atoms with Crippen LogP contribution in [0.15, 0.2) is 11.8 Å². The van der Waals surface area contributed by atoms with Crippen molar-refractivity contribution in [1.29, 1.82) is 0 Å². The molecule has 3 fully saturated rings. The van der Waals surface area contributed by atoms with Crippen molar-refractivity contribution in [2.45, 2.75) is 72.1 Å². The fourth-order valence-corrected chi connectivity index (χ4v) is 6.93. The van der Waals surface area contributed by atoms with Gasteiger partial charge in [-0.25, -0.2) is 4.79 Å². The van der Waals surface area contributed by atoms with E-state index >= 15 is 0 Å². The van der Waals surface area contributed by atoms with Gasteiger partial charge in [-0.1, -0.05) is 13.8 Å². The van der Waals surface area contributed by atoms with Gasteiger partial charge in [0.05, 0.1) is 6.61 Å². The van der Waals surface area contributed by atoms with Crippen LogP contribution in [0.2, 0.25) is 0 Å². The van der Waals surface area contributed by atoms with Gasteiger partial charge in [0.25, 0.3) is 0 Å². The molecule has 0 aromatic carbocycles. The first-order valence-electron chi connectivity index (χ1n) is 10.6. The summed E-state index contributed by atoms with van der Waals surface area (Å²) in [6.07, 6.45) is 9.47. The maximum Gasteiger partial charge on any atom is 0.545 e. The van der Waals surface area contributed by atoms with Crippen molar-refractivity contribution in [2.75, 3.05) is 6.61 Å². The Morgan fingerprint density at radius 3 is 2.78 bits per heavy atom. The Morgan fingerprint density at radius 2 is 2.00 bits per heavy atom. The molecule has 0 heterocycles. The maximum absolute atomic E-state index is 12.5. The highest BCUT2D eigenvalue weighted by Crippen LogP contribution is 2.65. The molecule has 1 unspecified atom stereocenters. The van der Waals surface area contributed by atoms with Crippen LogP contribution in [0.5, 0.6) is 0 Å². The van der Waals surface area contributed by atoms with Crippen LogP contribution in [0.25, 0.3) is 0 Å². The number of Topliss-reactive ketones (excluding diaryl/α,β-unsaturated/α-hetero) is 1. The van der Waals surface area contributed by atoms with Crippen molar-refractivity contribution < 1.29 is 24.1 Å². The third-order valence-electron chi connectivity index (χ3n) is 8.45. The highest BCUT2D eigenvalue weighted by molar-refractivity contribution is 5.87. The molecule has 5 nitrogen and oxygen atoms in total. The molecule has 5 heteroatoms. The zero-order valence-corrected chi connectivity index (χ0v) is 16.8. The first-order chi connectivity index (χ1) is 12.9. The summed E-state index contributed by atoms with van der Waals surface area (Å²) in [7, 11) is 0. The Hall–Kier alpha value is -1.36. The first-order valence-corrected chi connectivity index (χ1v) is 10.6. The summed E-state index contributed by atoms with van der Waals surface area (Å²) < 4.78 is 5.35. The molecule has 0 aromatic rings. The van der Waals surface area contributed by atoms with Gasteiger partial charge in [-0.15, -0.1) is 0 Å². The number of ketones is 1. The lowest BCUT2D eigenvalue weighted by atomic mass is 9.46. The summed E-state index contributed by atoms with van der Waals surface area (Å²) >= 11 is 0. The van der Waals surface area contributed by atoms with Gasteiger partial charge in [0, 0.05) is 18.3 Å². The highest BCUT2D eigenvalue weighted by Gasteiger charge is 2.59. The molecule has 3 saturated carbocycles. The summed E-state index contributed by atoms with van der Waals surface area (Å²) in [5.74, 6) is 3.68. The van der Waals surface area contributed by atoms with E-state index in [0.29, 0.717) is 36.1 Å². The number of carbonyl (C=O) groups is 2. The number of rotatable bonds is 3. The molecular formula is C22H32O5. The summed E-state index contributed by atoms with van der Waals surface area (Å²) in [5, 5.41) is 0. The standard InChI is InChI=1S/C22H32O5/c1-4-25-27-20(24)26-15-9-11-21(2)14(13-15)5-6-16-17-7-8-19(23)22(17,3)12-10-18(16)21/h9,14,16-18H,4-8,10-13H2,1-3H3/t14?,16-,17-,18-,21-,22-/m0/s1. The lowest BCUT2D eigenvalue weighted by molar-refractivity contribution is -0.249. The van der Waals surface area contributed by atoms with Crippen molar-refractivity contribution in [3.8, 4) is 0 Å². The molecule has 4 aliphatic rings. The fraction of sp³-hybridized carbons (Fsp3) is 0.818. The number of hydrogen-bond acceptors (Lipinski definition) is 5. The number of allylic oxidation sites excluding steroid dienone is 2.